The van der Waals surface area contributed by atoms with Gasteiger partial charge in [-0.05, 0) is 73.3 Å². The molecule has 1 aliphatic carbocycles. The fourth-order valence-electron chi connectivity index (χ4n) is 6.77. The van der Waals surface area contributed by atoms with E-state index in [9.17, 15) is 41.2 Å². The van der Waals surface area contributed by atoms with Gasteiger partial charge in [0.1, 0.15) is 6.04 Å². The van der Waals surface area contributed by atoms with E-state index in [1.807, 2.05) is 6.07 Å². The minimum atomic E-state index is -5.35. The van der Waals surface area contributed by atoms with E-state index in [0.717, 1.165) is 18.6 Å². The lowest BCUT2D eigenvalue weighted by Crippen LogP contribution is -2.58. The Labute approximate surface area is 275 Å². The molecule has 2 aromatic carbocycles. The number of halogens is 6. The lowest BCUT2D eigenvalue weighted by atomic mass is 9.81. The van der Waals surface area contributed by atoms with E-state index in [4.69, 9.17) is 11.1 Å². The van der Waals surface area contributed by atoms with Gasteiger partial charge in [0, 0.05) is 32.1 Å². The van der Waals surface area contributed by atoms with Gasteiger partial charge in [-0.15, -0.1) is 0 Å². The first-order valence-corrected chi connectivity index (χ1v) is 16.1. The molecule has 2 aromatic rings. The Kier molecular flexibility index (Phi) is 12.0. The predicted molar refractivity (Wildman–Crippen MR) is 166 cm³/mol. The van der Waals surface area contributed by atoms with Crippen LogP contribution in [-0.4, -0.2) is 66.0 Å². The molecule has 1 unspecified atom stereocenters. The molecular formula is C34H40F6N6O2. The van der Waals surface area contributed by atoms with Crippen molar-refractivity contribution in [1.82, 2.24) is 15.1 Å². The number of nitrogens with two attached hydrogens (primary N) is 1. The monoisotopic (exact) mass is 678 g/mol. The number of carbonyl (C=O) groups is 2. The third kappa shape index (κ3) is 9.64. The summed E-state index contributed by atoms with van der Waals surface area (Å²) >= 11 is 0. The third-order valence-corrected chi connectivity index (χ3v) is 9.39. The van der Waals surface area contributed by atoms with Crippen LogP contribution in [0.25, 0.3) is 0 Å². The lowest BCUT2D eigenvalue weighted by Gasteiger charge is -2.40. The highest BCUT2D eigenvalue weighted by atomic mass is 19.4. The van der Waals surface area contributed by atoms with Crippen LogP contribution in [0.2, 0.25) is 0 Å². The summed E-state index contributed by atoms with van der Waals surface area (Å²) in [4.78, 5) is 29.4. The summed E-state index contributed by atoms with van der Waals surface area (Å²) < 4.78 is 84.2. The van der Waals surface area contributed by atoms with E-state index >= 15 is 0 Å². The molecular weight excluding hydrogens is 638 g/mol. The quantitative estimate of drug-likeness (QED) is 0.162. The molecule has 260 valence electrons. The van der Waals surface area contributed by atoms with Crippen molar-refractivity contribution >= 4 is 17.8 Å². The number of nitrogens with one attached hydrogen (secondary N) is 2. The van der Waals surface area contributed by atoms with Crippen LogP contribution in [-0.2, 0) is 22.2 Å². The third-order valence-electron chi connectivity index (χ3n) is 9.39. The number of likely N-dealkylation sites (tertiary alicyclic amines) is 1. The topological polar surface area (TPSA) is 126 Å². The van der Waals surface area contributed by atoms with Crippen molar-refractivity contribution in [2.24, 2.45) is 17.6 Å². The van der Waals surface area contributed by atoms with Gasteiger partial charge in [0.25, 0.3) is 0 Å². The number of hydrogen-bond acceptors (Lipinski definition) is 4. The second kappa shape index (κ2) is 15.7. The van der Waals surface area contributed by atoms with Crippen molar-refractivity contribution < 1.29 is 35.9 Å². The number of guanidine groups is 1. The van der Waals surface area contributed by atoms with Crippen molar-refractivity contribution in [2.75, 3.05) is 26.2 Å². The van der Waals surface area contributed by atoms with Gasteiger partial charge in [0.05, 0.1) is 17.2 Å². The fourth-order valence-corrected chi connectivity index (χ4v) is 6.77. The van der Waals surface area contributed by atoms with Crippen LogP contribution in [0.5, 0.6) is 0 Å². The van der Waals surface area contributed by atoms with Crippen molar-refractivity contribution in [3.05, 3.63) is 70.8 Å². The largest absolute Gasteiger partial charge is 0.471 e. The molecule has 0 spiro atoms. The van der Waals surface area contributed by atoms with Crippen LogP contribution in [0.3, 0.4) is 0 Å². The summed E-state index contributed by atoms with van der Waals surface area (Å²) in [5.41, 5.74) is 5.50. The van der Waals surface area contributed by atoms with Crippen LogP contribution in [0, 0.1) is 28.6 Å². The highest BCUT2D eigenvalue weighted by Gasteiger charge is 2.49. The van der Waals surface area contributed by atoms with Gasteiger partial charge in [-0.2, -0.15) is 31.6 Å². The minimum Gasteiger partial charge on any atom is -0.370 e. The lowest BCUT2D eigenvalue weighted by molar-refractivity contribution is -0.190. The molecule has 8 nitrogen and oxygen atoms in total. The molecule has 2 atom stereocenters. The molecule has 0 radical (unpaired) electrons. The number of amides is 2. The average molecular weight is 679 g/mol. The van der Waals surface area contributed by atoms with Gasteiger partial charge in [0.15, 0.2) is 5.96 Å². The number of rotatable bonds is 10. The first-order chi connectivity index (χ1) is 22.7. The van der Waals surface area contributed by atoms with Crippen LogP contribution in [0.15, 0.2) is 48.5 Å². The number of carbonyl (C=O) groups excluding carboxylic acids is 2. The molecule has 0 aromatic heterocycles. The predicted octanol–water partition coefficient (Wildman–Crippen LogP) is 5.96. The molecule has 4 rings (SSSR count). The number of nitriles is 1. The van der Waals surface area contributed by atoms with Gasteiger partial charge in [-0.1, -0.05) is 49.6 Å². The standard InChI is InChI=1S/C34H40F6N6O2/c35-33(36,37)28-8-4-7-26(18-28)27(17-22-9-11-23(19-41)12-10-22)21-46(31(48)34(38,39)40)29(25-5-2-1-3-6-25)30(47)44-20-24-13-15-45(16-14-24)32(42)43/h4,7-12,18,24-25,27,29H,1-3,5-6,13-17,20-21H2,(H3,42,43)(H,44,47)/t27-,29?/m1/s1. The Hall–Kier alpha value is -4.28. The van der Waals surface area contributed by atoms with Gasteiger partial charge in [-0.25, -0.2) is 0 Å². The van der Waals surface area contributed by atoms with E-state index < -0.39 is 54.2 Å². The summed E-state index contributed by atoms with van der Waals surface area (Å²) in [6.07, 6.45) is -5.94. The number of piperidine rings is 1. The smallest absolute Gasteiger partial charge is 0.370 e. The molecule has 2 amide bonds. The summed E-state index contributed by atoms with van der Waals surface area (Å²) in [6, 6.07) is 10.9. The number of nitrogens with zero attached hydrogens (tertiary/aromatic N) is 3. The summed E-state index contributed by atoms with van der Waals surface area (Å²) in [5.74, 6) is -4.66. The Morgan fingerprint density at radius 3 is 2.21 bits per heavy atom. The van der Waals surface area contributed by atoms with Crippen LogP contribution in [0.1, 0.15) is 73.1 Å². The maximum Gasteiger partial charge on any atom is 0.471 e. The van der Waals surface area contributed by atoms with Crippen LogP contribution < -0.4 is 11.1 Å². The number of benzene rings is 2. The molecule has 4 N–H and O–H groups in total. The van der Waals surface area contributed by atoms with E-state index in [1.165, 1.54) is 24.3 Å². The van der Waals surface area contributed by atoms with E-state index in [1.54, 1.807) is 17.0 Å². The molecule has 48 heavy (non-hydrogen) atoms. The molecule has 1 saturated heterocycles. The average Bonchev–Trinajstić information content (AvgIpc) is 3.06. The Morgan fingerprint density at radius 2 is 1.65 bits per heavy atom. The van der Waals surface area contributed by atoms with E-state index in [2.05, 4.69) is 5.32 Å². The molecule has 1 saturated carbocycles. The Balaban J connectivity index is 1.70. The zero-order chi connectivity index (χ0) is 35.1. The molecule has 0 bridgehead atoms. The van der Waals surface area contributed by atoms with Crippen molar-refractivity contribution in [2.45, 2.75) is 75.7 Å². The van der Waals surface area contributed by atoms with E-state index in [0.29, 0.717) is 67.6 Å². The normalized spacial score (nSPS) is 17.6. The molecule has 2 aliphatic rings. The first kappa shape index (κ1) is 36.6. The van der Waals surface area contributed by atoms with Crippen LogP contribution in [0.4, 0.5) is 26.3 Å². The number of alkyl halides is 6. The summed E-state index contributed by atoms with van der Waals surface area (Å²) in [7, 11) is 0. The maximum atomic E-state index is 14.3. The van der Waals surface area contributed by atoms with Gasteiger partial charge in [-0.3, -0.25) is 15.0 Å². The minimum absolute atomic E-state index is 0.0161. The van der Waals surface area contributed by atoms with Crippen molar-refractivity contribution in [3.63, 3.8) is 0 Å². The zero-order valence-corrected chi connectivity index (χ0v) is 26.4. The van der Waals surface area contributed by atoms with Gasteiger partial charge >= 0.3 is 18.3 Å². The van der Waals surface area contributed by atoms with Crippen molar-refractivity contribution in [3.8, 4) is 6.07 Å². The fraction of sp³-hybridized carbons (Fsp3) is 0.529. The van der Waals surface area contributed by atoms with Gasteiger partial charge < -0.3 is 20.9 Å². The van der Waals surface area contributed by atoms with E-state index in [-0.39, 0.29) is 30.4 Å². The Morgan fingerprint density at radius 1 is 1.00 bits per heavy atom. The maximum absolute atomic E-state index is 14.3. The SMILES string of the molecule is N#Cc1ccc(C[C@H](CN(C(=O)C(F)(F)F)C(C(=O)NCC2CCN(C(=N)N)CC2)C2CCCCC2)c2cccc(C(F)(F)F)c2)cc1. The van der Waals surface area contributed by atoms with Crippen molar-refractivity contribution in [1.29, 1.82) is 10.7 Å². The first-order valence-electron chi connectivity index (χ1n) is 16.1. The summed E-state index contributed by atoms with van der Waals surface area (Å²) in [6.45, 7) is 0.485. The molecule has 1 heterocycles. The number of hydrogen-bond donors (Lipinski definition) is 3. The summed E-state index contributed by atoms with van der Waals surface area (Å²) in [5, 5.41) is 19.6. The molecule has 2 fully saturated rings. The Bertz CT molecular complexity index is 1460. The van der Waals surface area contributed by atoms with Crippen LogP contribution >= 0.6 is 0 Å². The second-order valence-corrected chi connectivity index (χ2v) is 12.7. The highest BCUT2D eigenvalue weighted by Crippen LogP contribution is 2.36. The highest BCUT2D eigenvalue weighted by molar-refractivity contribution is 5.90. The molecule has 1 aliphatic heterocycles. The second-order valence-electron chi connectivity index (χ2n) is 12.7. The van der Waals surface area contributed by atoms with Gasteiger partial charge in [0.2, 0.25) is 5.91 Å². The zero-order valence-electron chi connectivity index (χ0n) is 26.4. The molecule has 14 heteroatoms.